The summed E-state index contributed by atoms with van der Waals surface area (Å²) < 4.78 is 5.24. The van der Waals surface area contributed by atoms with E-state index >= 15 is 0 Å². The quantitative estimate of drug-likeness (QED) is 0.473. The monoisotopic (exact) mass is 226 g/mol. The highest BCUT2D eigenvalue weighted by molar-refractivity contribution is 6.04. The summed E-state index contributed by atoms with van der Waals surface area (Å²) in [6.07, 6.45) is 0. The first-order valence-electron chi connectivity index (χ1n) is 5.31. The number of hydrogen-bond donors (Lipinski definition) is 1. The lowest BCUT2D eigenvalue weighted by Gasteiger charge is -2.03. The molecule has 0 fully saturated rings. The van der Waals surface area contributed by atoms with Crippen molar-refractivity contribution in [2.45, 2.75) is 6.92 Å². The molecule has 0 amide bonds. The normalized spacial score (nSPS) is 11.1. The molecule has 0 aliphatic rings. The average molecular weight is 226 g/mol. The van der Waals surface area contributed by atoms with Crippen molar-refractivity contribution < 1.29 is 9.52 Å². The highest BCUT2D eigenvalue weighted by Crippen LogP contribution is 2.25. The predicted octanol–water partition coefficient (Wildman–Crippen LogP) is 2.96. The molecule has 3 heteroatoms. The highest BCUT2D eigenvalue weighted by Gasteiger charge is 2.07. The lowest BCUT2D eigenvalue weighted by Crippen LogP contribution is -1.99. The first-order chi connectivity index (χ1) is 8.15. The van der Waals surface area contributed by atoms with Crippen LogP contribution in [0.2, 0.25) is 0 Å². The number of rotatable bonds is 0. The Labute approximate surface area is 96.9 Å². The summed E-state index contributed by atoms with van der Waals surface area (Å²) in [4.78, 5) is 11.8. The molecule has 0 unspecified atom stereocenters. The van der Waals surface area contributed by atoms with Crippen LogP contribution in [0.1, 0.15) is 5.56 Å². The number of fused-ring (bicyclic) bond motifs is 3. The summed E-state index contributed by atoms with van der Waals surface area (Å²) in [5.74, 6) is 0.0660. The Bertz CT molecular complexity index is 784. The number of phenolic OH excluding ortho intramolecular Hbond substituents is 1. The fourth-order valence-corrected chi connectivity index (χ4v) is 2.03. The Kier molecular flexibility index (Phi) is 1.95. The van der Waals surface area contributed by atoms with Gasteiger partial charge >= 0.3 is 5.63 Å². The highest BCUT2D eigenvalue weighted by atomic mass is 16.4. The van der Waals surface area contributed by atoms with Gasteiger partial charge in [0.05, 0.1) is 5.39 Å². The van der Waals surface area contributed by atoms with Crippen molar-refractivity contribution >= 4 is 21.7 Å². The van der Waals surface area contributed by atoms with Crippen LogP contribution in [0.5, 0.6) is 5.75 Å². The molecule has 0 saturated carbocycles. The predicted molar refractivity (Wildman–Crippen MR) is 66.4 cm³/mol. The molecule has 0 aliphatic heterocycles. The van der Waals surface area contributed by atoms with E-state index in [0.717, 1.165) is 16.3 Å². The smallest absolute Gasteiger partial charge is 0.344 e. The van der Waals surface area contributed by atoms with E-state index in [1.165, 1.54) is 6.07 Å². The molecule has 0 spiro atoms. The summed E-state index contributed by atoms with van der Waals surface area (Å²) in [5.41, 5.74) is 1.20. The lowest BCUT2D eigenvalue weighted by atomic mass is 10.1. The van der Waals surface area contributed by atoms with E-state index in [-0.39, 0.29) is 5.75 Å². The minimum Gasteiger partial charge on any atom is -0.508 e. The first-order valence-corrected chi connectivity index (χ1v) is 5.31. The first kappa shape index (κ1) is 9.90. The molecule has 17 heavy (non-hydrogen) atoms. The molecule has 1 aromatic heterocycles. The number of phenols is 1. The van der Waals surface area contributed by atoms with Crippen LogP contribution in [-0.4, -0.2) is 5.11 Å². The summed E-state index contributed by atoms with van der Waals surface area (Å²) in [5, 5.41) is 11.5. The number of benzene rings is 2. The fraction of sp³-hybridized carbons (Fsp3) is 0.0714. The minimum atomic E-state index is -0.422. The van der Waals surface area contributed by atoms with Crippen molar-refractivity contribution in [1.82, 2.24) is 0 Å². The van der Waals surface area contributed by atoms with Crippen LogP contribution in [0.4, 0.5) is 0 Å². The molecular weight excluding hydrogens is 216 g/mol. The van der Waals surface area contributed by atoms with Crippen molar-refractivity contribution in [2.75, 3.05) is 0 Å². The van der Waals surface area contributed by atoms with Crippen molar-refractivity contribution in [3.63, 3.8) is 0 Å². The maximum absolute atomic E-state index is 11.8. The molecule has 0 aliphatic carbocycles. The van der Waals surface area contributed by atoms with Gasteiger partial charge in [0.2, 0.25) is 0 Å². The van der Waals surface area contributed by atoms with Gasteiger partial charge in [0.25, 0.3) is 0 Å². The Morgan fingerprint density at radius 2 is 1.76 bits per heavy atom. The Balaban J connectivity index is 2.60. The second-order valence-corrected chi connectivity index (χ2v) is 4.12. The van der Waals surface area contributed by atoms with Gasteiger partial charge in [-0.05, 0) is 36.8 Å². The van der Waals surface area contributed by atoms with Gasteiger partial charge in [-0.15, -0.1) is 0 Å². The van der Waals surface area contributed by atoms with E-state index in [1.54, 1.807) is 12.1 Å². The maximum atomic E-state index is 11.8. The second kappa shape index (κ2) is 3.35. The van der Waals surface area contributed by atoms with Crippen molar-refractivity contribution in [3.05, 3.63) is 52.4 Å². The van der Waals surface area contributed by atoms with Gasteiger partial charge in [0.15, 0.2) is 0 Å². The van der Waals surface area contributed by atoms with Crippen LogP contribution in [0, 0.1) is 6.92 Å². The van der Waals surface area contributed by atoms with E-state index in [1.807, 2.05) is 25.1 Å². The Morgan fingerprint density at radius 3 is 2.59 bits per heavy atom. The van der Waals surface area contributed by atoms with Crippen LogP contribution < -0.4 is 5.63 Å². The number of hydrogen-bond acceptors (Lipinski definition) is 3. The molecule has 3 nitrogen and oxygen atoms in total. The van der Waals surface area contributed by atoms with E-state index in [0.29, 0.717) is 11.0 Å². The molecule has 3 rings (SSSR count). The van der Waals surface area contributed by atoms with Crippen LogP contribution >= 0.6 is 0 Å². The zero-order valence-corrected chi connectivity index (χ0v) is 9.23. The van der Waals surface area contributed by atoms with Crippen molar-refractivity contribution in [3.8, 4) is 5.75 Å². The molecule has 0 saturated heterocycles. The van der Waals surface area contributed by atoms with Gasteiger partial charge < -0.3 is 9.52 Å². The molecule has 84 valence electrons. The molecule has 1 N–H and O–H groups in total. The largest absolute Gasteiger partial charge is 0.508 e. The van der Waals surface area contributed by atoms with Gasteiger partial charge in [-0.25, -0.2) is 4.79 Å². The zero-order chi connectivity index (χ0) is 12.0. The van der Waals surface area contributed by atoms with E-state index in [4.69, 9.17) is 4.42 Å². The van der Waals surface area contributed by atoms with Crippen molar-refractivity contribution in [2.24, 2.45) is 0 Å². The van der Waals surface area contributed by atoms with Crippen LogP contribution in [0.25, 0.3) is 21.7 Å². The summed E-state index contributed by atoms with van der Waals surface area (Å²) in [6, 6.07) is 10.5. The molecule has 0 bridgehead atoms. The van der Waals surface area contributed by atoms with Gasteiger partial charge in [0.1, 0.15) is 11.3 Å². The lowest BCUT2D eigenvalue weighted by molar-refractivity contribution is 0.475. The van der Waals surface area contributed by atoms with E-state index in [9.17, 15) is 9.90 Å². The summed E-state index contributed by atoms with van der Waals surface area (Å²) in [6.45, 7) is 1.94. The Morgan fingerprint density at radius 1 is 1.00 bits per heavy atom. The zero-order valence-electron chi connectivity index (χ0n) is 9.23. The molecule has 1 heterocycles. The van der Waals surface area contributed by atoms with Gasteiger partial charge in [-0.3, -0.25) is 0 Å². The third-order valence-corrected chi connectivity index (χ3v) is 2.85. The van der Waals surface area contributed by atoms with Gasteiger partial charge in [0, 0.05) is 10.8 Å². The number of aromatic hydroxyl groups is 1. The minimum absolute atomic E-state index is 0.0660. The third kappa shape index (κ3) is 1.47. The van der Waals surface area contributed by atoms with Crippen LogP contribution in [0.15, 0.2) is 45.6 Å². The molecule has 2 aromatic carbocycles. The van der Waals surface area contributed by atoms with Gasteiger partial charge in [-0.1, -0.05) is 12.1 Å². The summed E-state index contributed by atoms with van der Waals surface area (Å²) >= 11 is 0. The molecule has 3 aromatic rings. The standard InChI is InChI=1S/C14H10O3/c1-8-2-4-11-10-5-3-9(15)7-12(10)14(16)17-13(11)6-8/h2-7,15H,1H3. The van der Waals surface area contributed by atoms with Crippen LogP contribution in [-0.2, 0) is 0 Å². The third-order valence-electron chi connectivity index (χ3n) is 2.85. The molecule has 0 atom stereocenters. The Hall–Kier alpha value is -2.29. The van der Waals surface area contributed by atoms with E-state index < -0.39 is 5.63 Å². The molecule has 0 radical (unpaired) electrons. The van der Waals surface area contributed by atoms with Crippen molar-refractivity contribution in [1.29, 1.82) is 0 Å². The fourth-order valence-electron chi connectivity index (χ4n) is 2.03. The topological polar surface area (TPSA) is 50.4 Å². The van der Waals surface area contributed by atoms with Gasteiger partial charge in [-0.2, -0.15) is 0 Å². The van der Waals surface area contributed by atoms with E-state index in [2.05, 4.69) is 0 Å². The SMILES string of the molecule is Cc1ccc2c(c1)oc(=O)c1cc(O)ccc12. The number of aryl methyl sites for hydroxylation is 1. The molecular formula is C14H10O3. The second-order valence-electron chi connectivity index (χ2n) is 4.12. The average Bonchev–Trinajstić information content (AvgIpc) is 2.29. The summed E-state index contributed by atoms with van der Waals surface area (Å²) in [7, 11) is 0. The van der Waals surface area contributed by atoms with Crippen LogP contribution in [0.3, 0.4) is 0 Å². The maximum Gasteiger partial charge on any atom is 0.344 e.